The zero-order chi connectivity index (χ0) is 19.7. The Hall–Kier alpha value is -2.21. The van der Waals surface area contributed by atoms with Crippen molar-refractivity contribution in [2.45, 2.75) is 0 Å². The summed E-state index contributed by atoms with van der Waals surface area (Å²) in [5.41, 5.74) is 2.81. The molecule has 3 aromatic carbocycles. The van der Waals surface area contributed by atoms with Crippen molar-refractivity contribution >= 4 is 67.0 Å². The van der Waals surface area contributed by atoms with Crippen LogP contribution in [-0.2, 0) is 4.79 Å². The van der Waals surface area contributed by atoms with E-state index in [0.29, 0.717) is 22.2 Å². The second kappa shape index (κ2) is 8.03. The Balaban J connectivity index is 1.85. The summed E-state index contributed by atoms with van der Waals surface area (Å²) in [5, 5.41) is 0.611. The van der Waals surface area contributed by atoms with Gasteiger partial charge in [0.2, 0.25) is 0 Å². The first-order valence-electron chi connectivity index (χ1n) is 8.44. The first-order valence-corrected chi connectivity index (χ1v) is 10.4. The molecule has 3 aromatic rings. The molecule has 0 bridgehead atoms. The first-order chi connectivity index (χ1) is 13.5. The Bertz CT molecular complexity index is 1120. The maximum absolute atomic E-state index is 13.3. The van der Waals surface area contributed by atoms with Gasteiger partial charge in [0.05, 0.1) is 5.69 Å². The molecule has 1 aliphatic heterocycles. The Labute approximate surface area is 184 Å². The van der Waals surface area contributed by atoms with Gasteiger partial charge in [-0.25, -0.2) is 4.99 Å². The number of aliphatic imine (C=N–C) groups is 1. The fourth-order valence-electron chi connectivity index (χ4n) is 2.92. The summed E-state index contributed by atoms with van der Waals surface area (Å²) in [5.74, 6) is 0.383. The second-order valence-electron chi connectivity index (χ2n) is 6.12. The quantitative estimate of drug-likeness (QED) is 0.357. The van der Waals surface area contributed by atoms with E-state index in [9.17, 15) is 4.79 Å². The molecule has 6 heteroatoms. The SMILES string of the molecule is O=C1/C(=C\c2cccc(Br)c2)N=C(c2ccccc2Br)N1c1ccc(Cl)cc1. The van der Waals surface area contributed by atoms with Gasteiger partial charge < -0.3 is 0 Å². The number of hydrogen-bond acceptors (Lipinski definition) is 2. The minimum Gasteiger partial charge on any atom is -0.266 e. The number of amides is 1. The molecule has 0 radical (unpaired) electrons. The summed E-state index contributed by atoms with van der Waals surface area (Å²) in [7, 11) is 0. The molecule has 3 nitrogen and oxygen atoms in total. The van der Waals surface area contributed by atoms with Crippen LogP contribution in [0.2, 0.25) is 5.02 Å². The minimum atomic E-state index is -0.187. The van der Waals surface area contributed by atoms with Crippen molar-refractivity contribution in [2.24, 2.45) is 4.99 Å². The lowest BCUT2D eigenvalue weighted by molar-refractivity contribution is -0.113. The van der Waals surface area contributed by atoms with Gasteiger partial charge in [-0.3, -0.25) is 9.69 Å². The molecular weight excluding hydrogens is 504 g/mol. The lowest BCUT2D eigenvalue weighted by atomic mass is 10.1. The molecular formula is C22H13Br2ClN2O. The Morgan fingerprint density at radius 2 is 1.68 bits per heavy atom. The van der Waals surface area contributed by atoms with E-state index in [1.54, 1.807) is 23.1 Å². The van der Waals surface area contributed by atoms with E-state index in [-0.39, 0.29) is 5.91 Å². The first kappa shape index (κ1) is 19.1. The van der Waals surface area contributed by atoms with Gasteiger partial charge in [0.15, 0.2) is 0 Å². The van der Waals surface area contributed by atoms with Crippen molar-refractivity contribution in [3.8, 4) is 0 Å². The van der Waals surface area contributed by atoms with Gasteiger partial charge in [0.25, 0.3) is 5.91 Å². The zero-order valence-corrected chi connectivity index (χ0v) is 18.4. The van der Waals surface area contributed by atoms with Gasteiger partial charge >= 0.3 is 0 Å². The Morgan fingerprint density at radius 1 is 0.929 bits per heavy atom. The fourth-order valence-corrected chi connectivity index (χ4v) is 3.93. The predicted molar refractivity (Wildman–Crippen MR) is 122 cm³/mol. The maximum atomic E-state index is 13.3. The van der Waals surface area contributed by atoms with Gasteiger partial charge in [-0.05, 0) is 54.1 Å². The summed E-state index contributed by atoms with van der Waals surface area (Å²) in [6, 6.07) is 22.6. The van der Waals surface area contributed by atoms with Gasteiger partial charge in [-0.2, -0.15) is 0 Å². The van der Waals surface area contributed by atoms with E-state index in [4.69, 9.17) is 11.6 Å². The van der Waals surface area contributed by atoms with Crippen LogP contribution < -0.4 is 4.90 Å². The molecule has 138 valence electrons. The summed E-state index contributed by atoms with van der Waals surface area (Å²) >= 11 is 13.1. The van der Waals surface area contributed by atoms with Crippen LogP contribution >= 0.6 is 43.5 Å². The average Bonchev–Trinajstić information content (AvgIpc) is 2.99. The van der Waals surface area contributed by atoms with E-state index in [1.165, 1.54) is 0 Å². The Kier molecular flexibility index (Phi) is 5.49. The van der Waals surface area contributed by atoms with Gasteiger partial charge in [0, 0.05) is 19.5 Å². The van der Waals surface area contributed by atoms with E-state index in [0.717, 1.165) is 20.1 Å². The Morgan fingerprint density at radius 3 is 2.39 bits per heavy atom. The molecule has 1 aliphatic rings. The molecule has 0 aliphatic carbocycles. The zero-order valence-electron chi connectivity index (χ0n) is 14.4. The van der Waals surface area contributed by atoms with Gasteiger partial charge in [-0.1, -0.05) is 73.8 Å². The largest absolute Gasteiger partial charge is 0.282 e. The highest BCUT2D eigenvalue weighted by Crippen LogP contribution is 2.31. The normalized spacial score (nSPS) is 15.2. The predicted octanol–water partition coefficient (Wildman–Crippen LogP) is 6.70. The summed E-state index contributed by atoms with van der Waals surface area (Å²) in [6.45, 7) is 0. The monoisotopic (exact) mass is 514 g/mol. The van der Waals surface area contributed by atoms with E-state index < -0.39 is 0 Å². The summed E-state index contributed by atoms with van der Waals surface area (Å²) in [6.07, 6.45) is 1.79. The number of benzene rings is 3. The van der Waals surface area contributed by atoms with Crippen LogP contribution in [0.3, 0.4) is 0 Å². The van der Waals surface area contributed by atoms with Crippen LogP contribution in [0.4, 0.5) is 5.69 Å². The third-order valence-corrected chi connectivity index (χ3v) is 5.65. The number of carbonyl (C=O) groups is 1. The lowest BCUT2D eigenvalue weighted by Gasteiger charge is -2.19. The molecule has 0 unspecified atom stereocenters. The van der Waals surface area contributed by atoms with Crippen LogP contribution in [0.5, 0.6) is 0 Å². The fraction of sp³-hybridized carbons (Fsp3) is 0. The van der Waals surface area contributed by atoms with Crippen molar-refractivity contribution in [1.29, 1.82) is 0 Å². The third-order valence-electron chi connectivity index (χ3n) is 4.21. The molecule has 28 heavy (non-hydrogen) atoms. The standard InChI is InChI=1S/C22H13Br2ClN2O/c23-15-5-3-4-14(12-15)13-20-22(28)27(17-10-8-16(25)9-11-17)21(26-20)18-6-1-2-7-19(18)24/h1-13H/b20-13+. The molecule has 0 N–H and O–H groups in total. The molecule has 0 saturated carbocycles. The number of anilines is 1. The highest BCUT2D eigenvalue weighted by molar-refractivity contribution is 9.10. The molecule has 0 atom stereocenters. The van der Waals surface area contributed by atoms with E-state index in [1.807, 2.05) is 60.7 Å². The van der Waals surface area contributed by atoms with Gasteiger partial charge in [0.1, 0.15) is 11.5 Å². The minimum absolute atomic E-state index is 0.187. The van der Waals surface area contributed by atoms with Crippen molar-refractivity contribution in [2.75, 3.05) is 4.90 Å². The number of nitrogens with zero attached hydrogens (tertiary/aromatic N) is 2. The van der Waals surface area contributed by atoms with E-state index >= 15 is 0 Å². The molecule has 0 fully saturated rings. The molecule has 1 heterocycles. The highest BCUT2D eigenvalue weighted by Gasteiger charge is 2.33. The molecule has 0 saturated heterocycles. The van der Waals surface area contributed by atoms with Crippen LogP contribution in [0.25, 0.3) is 6.08 Å². The smallest absolute Gasteiger partial charge is 0.266 e. The molecule has 4 rings (SSSR count). The van der Waals surface area contributed by atoms with Crippen LogP contribution in [0, 0.1) is 0 Å². The number of halogens is 3. The lowest BCUT2D eigenvalue weighted by Crippen LogP contribution is -2.32. The number of amidine groups is 1. The summed E-state index contributed by atoms with van der Waals surface area (Å²) in [4.78, 5) is 19.6. The van der Waals surface area contributed by atoms with Gasteiger partial charge in [-0.15, -0.1) is 0 Å². The number of rotatable bonds is 3. The van der Waals surface area contributed by atoms with Crippen molar-refractivity contribution in [3.63, 3.8) is 0 Å². The van der Waals surface area contributed by atoms with Crippen LogP contribution in [-0.4, -0.2) is 11.7 Å². The number of carbonyl (C=O) groups excluding carboxylic acids is 1. The van der Waals surface area contributed by atoms with Crippen molar-refractivity contribution in [1.82, 2.24) is 0 Å². The van der Waals surface area contributed by atoms with Crippen LogP contribution in [0.15, 0.2) is 92.4 Å². The second-order valence-corrected chi connectivity index (χ2v) is 8.32. The topological polar surface area (TPSA) is 32.7 Å². The van der Waals surface area contributed by atoms with Crippen molar-refractivity contribution < 1.29 is 4.79 Å². The maximum Gasteiger partial charge on any atom is 0.282 e. The van der Waals surface area contributed by atoms with Crippen LogP contribution in [0.1, 0.15) is 11.1 Å². The summed E-state index contributed by atoms with van der Waals surface area (Å²) < 4.78 is 1.81. The van der Waals surface area contributed by atoms with E-state index in [2.05, 4.69) is 36.9 Å². The van der Waals surface area contributed by atoms with Crippen molar-refractivity contribution in [3.05, 3.63) is 104 Å². The average molecular weight is 517 g/mol. The molecule has 0 aromatic heterocycles. The molecule has 1 amide bonds. The highest BCUT2D eigenvalue weighted by atomic mass is 79.9. The number of hydrogen-bond donors (Lipinski definition) is 0. The third kappa shape index (κ3) is 3.83. The molecule has 0 spiro atoms.